The number of hydrogen-bond acceptors (Lipinski definition) is 5. The maximum absolute atomic E-state index is 6.71. The Balaban J connectivity index is 2.13. The molecule has 2 saturated heterocycles. The second-order valence-corrected chi connectivity index (χ2v) is 14.2. The van der Waals surface area contributed by atoms with E-state index in [1.807, 2.05) is 13.8 Å². The molecule has 6 heteroatoms. The van der Waals surface area contributed by atoms with Crippen LogP contribution in [0, 0.1) is 12.3 Å². The second kappa shape index (κ2) is 8.30. The molecule has 0 bridgehead atoms. The highest BCUT2D eigenvalue weighted by atomic mass is 28.4. The van der Waals surface area contributed by atoms with E-state index in [0.717, 1.165) is 0 Å². The lowest BCUT2D eigenvalue weighted by atomic mass is 10.1. The van der Waals surface area contributed by atoms with Gasteiger partial charge < -0.3 is 23.4 Å². The minimum Gasteiger partial charge on any atom is -0.413 e. The van der Waals surface area contributed by atoms with Crippen molar-refractivity contribution in [2.75, 3.05) is 13.2 Å². The molecule has 4 atom stereocenters. The van der Waals surface area contributed by atoms with Crippen molar-refractivity contribution in [3.63, 3.8) is 0 Å². The zero-order chi connectivity index (χ0) is 19.7. The van der Waals surface area contributed by atoms with Crippen molar-refractivity contribution in [1.29, 1.82) is 0 Å². The fourth-order valence-electron chi connectivity index (χ4n) is 4.77. The van der Waals surface area contributed by atoms with Crippen LogP contribution in [0.1, 0.15) is 55.4 Å². The Kier molecular flexibility index (Phi) is 6.98. The lowest BCUT2D eigenvalue weighted by molar-refractivity contribution is -0.233. The van der Waals surface area contributed by atoms with Gasteiger partial charge in [-0.2, -0.15) is 0 Å². The molecule has 0 saturated carbocycles. The van der Waals surface area contributed by atoms with E-state index >= 15 is 0 Å². The van der Waals surface area contributed by atoms with Crippen molar-refractivity contribution >= 4 is 8.32 Å². The normalized spacial score (nSPS) is 31.0. The maximum atomic E-state index is 6.71. The average molecular weight is 385 g/mol. The standard InChI is InChI=1S/C20H36O5Si/c1-10-11-21-19-18-17(24-20(8,9)25-18)16(23-19)12-22-26(13(2)3,14(4)5)15(6)7/h1,13-19H,11-12H2,2-9H3/t16-,17-,18-,19-/m1/s1. The van der Waals surface area contributed by atoms with E-state index in [1.165, 1.54) is 0 Å². The Hall–Kier alpha value is -0.423. The van der Waals surface area contributed by atoms with Crippen LogP contribution >= 0.6 is 0 Å². The number of ether oxygens (including phenoxy) is 4. The molecule has 0 radical (unpaired) electrons. The quantitative estimate of drug-likeness (QED) is 0.466. The predicted octanol–water partition coefficient (Wildman–Crippen LogP) is 4.07. The van der Waals surface area contributed by atoms with Crippen molar-refractivity contribution in [3.05, 3.63) is 0 Å². The molecule has 0 amide bonds. The maximum Gasteiger partial charge on any atom is 0.200 e. The highest BCUT2D eigenvalue weighted by Crippen LogP contribution is 2.44. The average Bonchev–Trinajstić information content (AvgIpc) is 2.98. The fourth-order valence-corrected chi connectivity index (χ4v) is 10.2. The Morgan fingerprint density at radius 1 is 1.00 bits per heavy atom. The molecule has 26 heavy (non-hydrogen) atoms. The smallest absolute Gasteiger partial charge is 0.200 e. The minimum atomic E-state index is -1.97. The molecule has 0 spiro atoms. The van der Waals surface area contributed by atoms with Gasteiger partial charge in [0, 0.05) is 0 Å². The Morgan fingerprint density at radius 3 is 2.04 bits per heavy atom. The zero-order valence-corrected chi connectivity index (χ0v) is 18.6. The van der Waals surface area contributed by atoms with Crippen LogP contribution in [0.15, 0.2) is 0 Å². The molecule has 0 aromatic carbocycles. The van der Waals surface area contributed by atoms with Crippen molar-refractivity contribution in [1.82, 2.24) is 0 Å². The molecule has 2 fully saturated rings. The van der Waals surface area contributed by atoms with Crippen LogP contribution in [-0.2, 0) is 23.4 Å². The van der Waals surface area contributed by atoms with Crippen LogP contribution in [0.25, 0.3) is 0 Å². The molecule has 0 N–H and O–H groups in total. The van der Waals surface area contributed by atoms with E-state index in [2.05, 4.69) is 47.5 Å². The third kappa shape index (κ3) is 4.19. The van der Waals surface area contributed by atoms with Crippen LogP contribution in [0.5, 0.6) is 0 Å². The monoisotopic (exact) mass is 384 g/mol. The number of hydrogen-bond donors (Lipinski definition) is 0. The van der Waals surface area contributed by atoms with Gasteiger partial charge in [-0.25, -0.2) is 0 Å². The van der Waals surface area contributed by atoms with Gasteiger partial charge in [-0.1, -0.05) is 47.5 Å². The van der Waals surface area contributed by atoms with Crippen LogP contribution in [0.2, 0.25) is 16.6 Å². The molecule has 0 aliphatic carbocycles. The largest absolute Gasteiger partial charge is 0.413 e. The zero-order valence-electron chi connectivity index (χ0n) is 17.6. The number of fused-ring (bicyclic) bond motifs is 1. The topological polar surface area (TPSA) is 46.2 Å². The highest BCUT2D eigenvalue weighted by molar-refractivity contribution is 6.77. The predicted molar refractivity (Wildman–Crippen MR) is 104 cm³/mol. The summed E-state index contributed by atoms with van der Waals surface area (Å²) >= 11 is 0. The van der Waals surface area contributed by atoms with E-state index < -0.39 is 20.4 Å². The van der Waals surface area contributed by atoms with Gasteiger partial charge >= 0.3 is 0 Å². The van der Waals surface area contributed by atoms with E-state index in [9.17, 15) is 0 Å². The molecule has 2 aliphatic rings. The Bertz CT molecular complexity index is 489. The first-order valence-electron chi connectivity index (χ1n) is 9.75. The third-order valence-corrected chi connectivity index (χ3v) is 11.7. The fraction of sp³-hybridized carbons (Fsp3) is 0.900. The van der Waals surface area contributed by atoms with Crippen molar-refractivity contribution in [2.45, 2.75) is 102 Å². The first-order valence-corrected chi connectivity index (χ1v) is 11.9. The molecule has 2 aliphatic heterocycles. The second-order valence-electron chi connectivity index (χ2n) is 8.75. The van der Waals surface area contributed by atoms with Gasteiger partial charge in [0.15, 0.2) is 20.4 Å². The molecule has 5 nitrogen and oxygen atoms in total. The molecule has 0 aromatic rings. The lowest BCUT2D eigenvalue weighted by Gasteiger charge is -2.43. The Morgan fingerprint density at radius 2 is 1.54 bits per heavy atom. The molecule has 2 heterocycles. The van der Waals surface area contributed by atoms with Gasteiger partial charge in [-0.05, 0) is 30.5 Å². The number of rotatable bonds is 8. The molecule has 150 valence electrons. The van der Waals surface area contributed by atoms with Gasteiger partial charge in [-0.15, -0.1) is 6.42 Å². The summed E-state index contributed by atoms with van der Waals surface area (Å²) in [4.78, 5) is 0. The summed E-state index contributed by atoms with van der Waals surface area (Å²) in [5.74, 6) is 1.83. The van der Waals surface area contributed by atoms with Crippen molar-refractivity contribution < 1.29 is 23.4 Å². The first kappa shape index (κ1) is 21.9. The van der Waals surface area contributed by atoms with Gasteiger partial charge in [0.1, 0.15) is 24.9 Å². The van der Waals surface area contributed by atoms with Crippen molar-refractivity contribution in [3.8, 4) is 12.3 Å². The summed E-state index contributed by atoms with van der Waals surface area (Å²) in [5.41, 5.74) is 1.56. The minimum absolute atomic E-state index is 0.188. The summed E-state index contributed by atoms with van der Waals surface area (Å²) in [6.07, 6.45) is 4.12. The summed E-state index contributed by atoms with van der Waals surface area (Å²) in [5, 5.41) is 0. The van der Waals surface area contributed by atoms with Crippen molar-refractivity contribution in [2.24, 2.45) is 0 Å². The summed E-state index contributed by atoms with van der Waals surface area (Å²) in [7, 11) is -1.97. The Labute approximate surface area is 160 Å². The molecular formula is C20H36O5Si. The molecule has 0 unspecified atom stereocenters. The highest BCUT2D eigenvalue weighted by Gasteiger charge is 2.56. The van der Waals surface area contributed by atoms with Gasteiger partial charge in [-0.3, -0.25) is 0 Å². The number of terminal acetylenes is 1. The van der Waals surface area contributed by atoms with Gasteiger partial charge in [0.05, 0.1) is 6.61 Å². The van der Waals surface area contributed by atoms with E-state index in [1.54, 1.807) is 0 Å². The molecule has 0 aromatic heterocycles. The van der Waals surface area contributed by atoms with Crippen LogP contribution in [0.4, 0.5) is 0 Å². The molecular weight excluding hydrogens is 348 g/mol. The van der Waals surface area contributed by atoms with Gasteiger partial charge in [0.25, 0.3) is 0 Å². The van der Waals surface area contributed by atoms with Crippen LogP contribution in [0.3, 0.4) is 0 Å². The third-order valence-electron chi connectivity index (χ3n) is 5.64. The van der Waals surface area contributed by atoms with Crippen LogP contribution < -0.4 is 0 Å². The van der Waals surface area contributed by atoms with E-state index in [4.69, 9.17) is 29.8 Å². The van der Waals surface area contributed by atoms with Gasteiger partial charge in [0.2, 0.25) is 0 Å². The van der Waals surface area contributed by atoms with E-state index in [0.29, 0.717) is 23.2 Å². The summed E-state index contributed by atoms with van der Waals surface area (Å²) < 4.78 is 30.6. The lowest BCUT2D eigenvalue weighted by Crippen LogP contribution is -2.50. The van der Waals surface area contributed by atoms with Crippen LogP contribution in [-0.4, -0.2) is 51.9 Å². The summed E-state index contributed by atoms with van der Waals surface area (Å²) in [6.45, 7) is 18.2. The first-order chi connectivity index (χ1) is 12.0. The van der Waals surface area contributed by atoms with E-state index in [-0.39, 0.29) is 24.9 Å². The molecule has 2 rings (SSSR count). The SMILES string of the molecule is C#CCO[C@@H]1O[C@H](CO[Si](C(C)C)(C(C)C)C(C)C)[C@H]2OC(C)(C)O[C@@H]12. The summed E-state index contributed by atoms with van der Waals surface area (Å²) in [6, 6.07) is 0.